The molecule has 2 aromatic heterocycles. The first-order valence-electron chi connectivity index (χ1n) is 10.7. The SMILES string of the molecule is CNC(=O)c1ccccc1Sc1ccc2c(/C=C/c3ccccn3)nn(C(=O)NCCN)c2c1. The van der Waals surface area contributed by atoms with Gasteiger partial charge in [0, 0.05) is 41.5 Å². The summed E-state index contributed by atoms with van der Waals surface area (Å²) < 4.78 is 1.35. The summed E-state index contributed by atoms with van der Waals surface area (Å²) in [7, 11) is 1.61. The Morgan fingerprint density at radius 2 is 1.91 bits per heavy atom. The molecule has 4 aromatic rings. The highest BCUT2D eigenvalue weighted by molar-refractivity contribution is 7.99. The maximum atomic E-state index is 12.8. The molecule has 0 spiro atoms. The molecule has 0 saturated carbocycles. The number of carbonyl (C=O) groups is 2. The van der Waals surface area contributed by atoms with Crippen LogP contribution in [0.1, 0.15) is 21.7 Å². The molecule has 4 N–H and O–H groups in total. The second kappa shape index (κ2) is 10.8. The molecule has 0 radical (unpaired) electrons. The number of aromatic nitrogens is 3. The third kappa shape index (κ3) is 5.16. The third-order valence-corrected chi connectivity index (χ3v) is 6.05. The number of hydrogen-bond acceptors (Lipinski definition) is 6. The van der Waals surface area contributed by atoms with Gasteiger partial charge in [0.05, 0.1) is 22.5 Å². The lowest BCUT2D eigenvalue weighted by Gasteiger charge is -2.09. The Balaban J connectivity index is 1.74. The first-order valence-corrected chi connectivity index (χ1v) is 11.5. The van der Waals surface area contributed by atoms with Crippen molar-refractivity contribution >= 4 is 46.8 Å². The summed E-state index contributed by atoms with van der Waals surface area (Å²) >= 11 is 1.45. The number of fused-ring (bicyclic) bond motifs is 1. The molecule has 0 bridgehead atoms. The molecule has 8 nitrogen and oxygen atoms in total. The fraction of sp³-hybridized carbons (Fsp3) is 0.120. The Bertz CT molecular complexity index is 1350. The van der Waals surface area contributed by atoms with Crippen LogP contribution in [0.3, 0.4) is 0 Å². The van der Waals surface area contributed by atoms with E-state index < -0.39 is 0 Å². The maximum Gasteiger partial charge on any atom is 0.342 e. The smallest absolute Gasteiger partial charge is 0.342 e. The normalized spacial score (nSPS) is 11.1. The van der Waals surface area contributed by atoms with E-state index >= 15 is 0 Å². The van der Waals surface area contributed by atoms with Gasteiger partial charge in [-0.3, -0.25) is 9.78 Å². The van der Waals surface area contributed by atoms with Gasteiger partial charge in [-0.25, -0.2) is 4.79 Å². The quantitative estimate of drug-likeness (QED) is 0.378. The zero-order valence-electron chi connectivity index (χ0n) is 18.6. The van der Waals surface area contributed by atoms with Gasteiger partial charge in [0.15, 0.2) is 0 Å². The van der Waals surface area contributed by atoms with E-state index in [9.17, 15) is 9.59 Å². The molecule has 0 atom stereocenters. The summed E-state index contributed by atoms with van der Waals surface area (Å²) in [5, 5.41) is 10.8. The van der Waals surface area contributed by atoms with Gasteiger partial charge in [0.1, 0.15) is 0 Å². The number of rotatable bonds is 7. The lowest BCUT2D eigenvalue weighted by molar-refractivity contribution is 0.0960. The average Bonchev–Trinajstić information content (AvgIpc) is 3.24. The molecule has 2 heterocycles. The van der Waals surface area contributed by atoms with Gasteiger partial charge in [-0.15, -0.1) is 0 Å². The van der Waals surface area contributed by atoms with Crippen molar-refractivity contribution in [3.8, 4) is 0 Å². The van der Waals surface area contributed by atoms with E-state index in [1.165, 1.54) is 16.4 Å². The Kier molecular flexibility index (Phi) is 7.36. The second-order valence-electron chi connectivity index (χ2n) is 7.26. The van der Waals surface area contributed by atoms with Crippen LogP contribution >= 0.6 is 11.8 Å². The van der Waals surface area contributed by atoms with E-state index in [4.69, 9.17) is 5.73 Å². The Hall–Kier alpha value is -3.95. The molecule has 0 fully saturated rings. The fourth-order valence-electron chi connectivity index (χ4n) is 3.36. The highest BCUT2D eigenvalue weighted by Gasteiger charge is 2.16. The second-order valence-corrected chi connectivity index (χ2v) is 8.38. The average molecular weight is 473 g/mol. The summed E-state index contributed by atoms with van der Waals surface area (Å²) in [4.78, 5) is 31.0. The number of nitrogens with two attached hydrogens (primary N) is 1. The van der Waals surface area contributed by atoms with Crippen LogP contribution in [-0.4, -0.2) is 46.8 Å². The van der Waals surface area contributed by atoms with Crippen molar-refractivity contribution in [2.75, 3.05) is 20.1 Å². The van der Waals surface area contributed by atoms with Crippen LogP contribution in [0.25, 0.3) is 23.1 Å². The first kappa shape index (κ1) is 23.2. The standard InChI is InChI=1S/C25H24N6O2S/c1-27-24(32)20-7-2-3-8-23(20)34-18-10-11-19-21(12-9-17-6-4-5-14-28-17)30-31(22(19)16-18)25(33)29-15-13-26/h2-12,14,16H,13,15,26H2,1H3,(H,27,32)(H,29,33)/b12-9+. The Labute approximate surface area is 201 Å². The lowest BCUT2D eigenvalue weighted by Crippen LogP contribution is -2.33. The molecule has 0 aliphatic heterocycles. The van der Waals surface area contributed by atoms with Crippen LogP contribution in [0.2, 0.25) is 0 Å². The van der Waals surface area contributed by atoms with Crippen molar-refractivity contribution in [2.45, 2.75) is 9.79 Å². The molecule has 2 amide bonds. The Morgan fingerprint density at radius 1 is 1.09 bits per heavy atom. The maximum absolute atomic E-state index is 12.8. The summed E-state index contributed by atoms with van der Waals surface area (Å²) in [6.45, 7) is 0.669. The van der Waals surface area contributed by atoms with E-state index in [1.54, 1.807) is 19.3 Å². The van der Waals surface area contributed by atoms with E-state index in [1.807, 2.05) is 66.7 Å². The van der Waals surface area contributed by atoms with E-state index in [0.717, 1.165) is 20.9 Å². The number of carbonyl (C=O) groups excluding carboxylic acids is 2. The molecule has 0 aliphatic rings. The van der Waals surface area contributed by atoms with Crippen molar-refractivity contribution < 1.29 is 9.59 Å². The number of nitrogens with one attached hydrogen (secondary N) is 2. The molecular formula is C25H24N6O2S. The summed E-state index contributed by atoms with van der Waals surface area (Å²) in [6, 6.07) is 18.5. The van der Waals surface area contributed by atoms with Crippen molar-refractivity contribution in [1.29, 1.82) is 0 Å². The summed E-state index contributed by atoms with van der Waals surface area (Å²) in [6.07, 6.45) is 5.41. The topological polar surface area (TPSA) is 115 Å². The van der Waals surface area contributed by atoms with Gasteiger partial charge in [-0.05, 0) is 54.6 Å². The predicted molar refractivity (Wildman–Crippen MR) is 135 cm³/mol. The number of benzene rings is 2. The van der Waals surface area contributed by atoms with E-state index in [2.05, 4.69) is 20.7 Å². The van der Waals surface area contributed by atoms with Gasteiger partial charge in [-0.1, -0.05) is 30.0 Å². The zero-order valence-corrected chi connectivity index (χ0v) is 19.4. The summed E-state index contributed by atoms with van der Waals surface area (Å²) in [5.41, 5.74) is 8.22. The minimum Gasteiger partial charge on any atom is -0.355 e. The highest BCUT2D eigenvalue weighted by atomic mass is 32.2. The largest absolute Gasteiger partial charge is 0.355 e. The molecule has 0 saturated heterocycles. The molecule has 34 heavy (non-hydrogen) atoms. The van der Waals surface area contributed by atoms with E-state index in [-0.39, 0.29) is 11.9 Å². The van der Waals surface area contributed by atoms with Gasteiger partial charge >= 0.3 is 6.03 Å². The minimum atomic E-state index is -0.360. The van der Waals surface area contributed by atoms with Crippen molar-refractivity contribution in [2.24, 2.45) is 5.73 Å². The third-order valence-electron chi connectivity index (χ3n) is 4.98. The molecular weight excluding hydrogens is 448 g/mol. The van der Waals surface area contributed by atoms with Crippen molar-refractivity contribution in [1.82, 2.24) is 25.4 Å². The fourth-order valence-corrected chi connectivity index (χ4v) is 4.34. The van der Waals surface area contributed by atoms with E-state index in [0.29, 0.717) is 29.9 Å². The monoisotopic (exact) mass is 472 g/mol. The first-order chi connectivity index (χ1) is 16.6. The number of nitrogens with zero attached hydrogens (tertiary/aromatic N) is 3. The van der Waals surface area contributed by atoms with Gasteiger partial charge in [0.2, 0.25) is 0 Å². The molecule has 0 unspecified atom stereocenters. The minimum absolute atomic E-state index is 0.155. The van der Waals surface area contributed by atoms with Crippen LogP contribution in [0, 0.1) is 0 Å². The zero-order chi connectivity index (χ0) is 23.9. The van der Waals surface area contributed by atoms with Gasteiger partial charge in [-0.2, -0.15) is 9.78 Å². The number of amides is 2. The molecule has 4 rings (SSSR count). The molecule has 172 valence electrons. The summed E-state index contributed by atoms with van der Waals surface area (Å²) in [5.74, 6) is -0.155. The number of pyridine rings is 1. The Morgan fingerprint density at radius 3 is 2.68 bits per heavy atom. The van der Waals surface area contributed by atoms with Crippen LogP contribution in [0.15, 0.2) is 76.7 Å². The van der Waals surface area contributed by atoms with Crippen molar-refractivity contribution in [3.63, 3.8) is 0 Å². The van der Waals surface area contributed by atoms with Crippen LogP contribution in [0.4, 0.5) is 4.79 Å². The van der Waals surface area contributed by atoms with Crippen LogP contribution in [0.5, 0.6) is 0 Å². The lowest BCUT2D eigenvalue weighted by atomic mass is 10.2. The molecule has 0 aliphatic carbocycles. The highest BCUT2D eigenvalue weighted by Crippen LogP contribution is 2.33. The number of hydrogen-bond donors (Lipinski definition) is 3. The molecule has 2 aromatic carbocycles. The van der Waals surface area contributed by atoms with Gasteiger partial charge < -0.3 is 16.4 Å². The predicted octanol–water partition coefficient (Wildman–Crippen LogP) is 3.63. The van der Waals surface area contributed by atoms with Gasteiger partial charge in [0.25, 0.3) is 5.91 Å². The van der Waals surface area contributed by atoms with Crippen molar-refractivity contribution in [3.05, 3.63) is 83.8 Å². The van der Waals surface area contributed by atoms with Crippen LogP contribution in [-0.2, 0) is 0 Å². The molecule has 9 heteroatoms. The van der Waals surface area contributed by atoms with Crippen LogP contribution < -0.4 is 16.4 Å².